The van der Waals surface area contributed by atoms with Gasteiger partial charge in [-0.05, 0) is 23.5 Å². The molecule has 0 saturated carbocycles. The van der Waals surface area contributed by atoms with Gasteiger partial charge in [-0.25, -0.2) is 4.79 Å². The van der Waals surface area contributed by atoms with Crippen LogP contribution in [0.25, 0.3) is 0 Å². The Bertz CT molecular complexity index is 397. The van der Waals surface area contributed by atoms with Gasteiger partial charge in [-0.2, -0.15) is 0 Å². The molecule has 0 spiro atoms. The van der Waals surface area contributed by atoms with E-state index in [2.05, 4.69) is 33.9 Å². The Morgan fingerprint density at radius 3 is 2.00 bits per heavy atom. The Hall–Kier alpha value is -0.593. The Morgan fingerprint density at radius 2 is 1.67 bits per heavy atom. The lowest BCUT2D eigenvalue weighted by atomic mass is 9.83. The topological polar surface area (TPSA) is 70.0 Å². The van der Waals surface area contributed by atoms with Gasteiger partial charge in [0.2, 0.25) is 0 Å². The van der Waals surface area contributed by atoms with Crippen LogP contribution in [0.2, 0.25) is 18.1 Å². The third-order valence-corrected chi connectivity index (χ3v) is 9.25. The van der Waals surface area contributed by atoms with E-state index in [-0.39, 0.29) is 23.0 Å². The molecule has 1 amide bonds. The molecule has 0 aliphatic carbocycles. The molecule has 1 saturated heterocycles. The molecule has 124 valence electrons. The van der Waals surface area contributed by atoms with Crippen molar-refractivity contribution in [3.8, 4) is 0 Å². The fraction of sp³-hybridized carbons (Fsp3) is 0.933. The summed E-state index contributed by atoms with van der Waals surface area (Å²) in [5, 5.41) is 19.8. The van der Waals surface area contributed by atoms with E-state index < -0.39 is 26.6 Å². The minimum atomic E-state index is -2.08. The summed E-state index contributed by atoms with van der Waals surface area (Å²) in [5.41, 5.74) is -0.289. The predicted molar refractivity (Wildman–Crippen MR) is 86.1 cm³/mol. The van der Waals surface area contributed by atoms with E-state index in [1.807, 2.05) is 20.8 Å². The number of likely N-dealkylation sites (tertiary alicyclic amines) is 1. The fourth-order valence-corrected chi connectivity index (χ4v) is 3.94. The van der Waals surface area contributed by atoms with Crippen LogP contribution in [0.1, 0.15) is 41.5 Å². The van der Waals surface area contributed by atoms with Crippen molar-refractivity contribution in [3.05, 3.63) is 0 Å². The van der Waals surface area contributed by atoms with Crippen LogP contribution >= 0.6 is 0 Å². The monoisotopic (exact) mass is 317 g/mol. The maximum Gasteiger partial charge on any atom is 0.407 e. The molecule has 1 heterocycles. The molecule has 0 aromatic rings. The lowest BCUT2D eigenvalue weighted by Gasteiger charge is -2.43. The van der Waals surface area contributed by atoms with Crippen molar-refractivity contribution in [2.24, 2.45) is 5.41 Å². The van der Waals surface area contributed by atoms with Gasteiger partial charge >= 0.3 is 6.09 Å². The summed E-state index contributed by atoms with van der Waals surface area (Å²) in [6.45, 7) is 16.8. The first-order valence-corrected chi connectivity index (χ1v) is 10.4. The Labute approximate surface area is 129 Å². The van der Waals surface area contributed by atoms with Crippen LogP contribution in [0, 0.1) is 5.41 Å². The molecule has 1 aliphatic rings. The number of aliphatic hydroxyl groups is 1. The van der Waals surface area contributed by atoms with E-state index in [1.54, 1.807) is 0 Å². The lowest BCUT2D eigenvalue weighted by molar-refractivity contribution is 0.0150. The molecule has 3 atom stereocenters. The summed E-state index contributed by atoms with van der Waals surface area (Å²) in [6.07, 6.45) is -2.21. The molecular weight excluding hydrogens is 286 g/mol. The van der Waals surface area contributed by atoms with Crippen molar-refractivity contribution < 1.29 is 19.4 Å². The second kappa shape index (κ2) is 5.55. The molecule has 21 heavy (non-hydrogen) atoms. The van der Waals surface area contributed by atoms with Crippen LogP contribution in [0.3, 0.4) is 0 Å². The molecule has 0 radical (unpaired) electrons. The summed E-state index contributed by atoms with van der Waals surface area (Å²) in [4.78, 5) is 12.8. The minimum absolute atomic E-state index is 0.0196. The van der Waals surface area contributed by atoms with Crippen LogP contribution in [0.15, 0.2) is 0 Å². The van der Waals surface area contributed by atoms with Gasteiger partial charge in [-0.1, -0.05) is 41.5 Å². The highest BCUT2D eigenvalue weighted by Crippen LogP contribution is 2.42. The maximum atomic E-state index is 11.5. The molecule has 1 unspecified atom stereocenters. The van der Waals surface area contributed by atoms with Gasteiger partial charge in [-0.3, -0.25) is 4.90 Å². The van der Waals surface area contributed by atoms with Crippen molar-refractivity contribution >= 4 is 14.4 Å². The first-order chi connectivity index (χ1) is 9.18. The largest absolute Gasteiger partial charge is 0.465 e. The highest BCUT2D eigenvalue weighted by Gasteiger charge is 2.52. The molecule has 0 aromatic carbocycles. The van der Waals surface area contributed by atoms with Crippen LogP contribution in [0.4, 0.5) is 4.79 Å². The van der Waals surface area contributed by atoms with E-state index in [1.165, 1.54) is 4.90 Å². The summed E-state index contributed by atoms with van der Waals surface area (Å²) in [5.74, 6) is 0. The molecule has 2 N–H and O–H groups in total. The van der Waals surface area contributed by atoms with Gasteiger partial charge in [0.05, 0.1) is 24.8 Å². The number of hydrogen-bond acceptors (Lipinski definition) is 3. The minimum Gasteiger partial charge on any atom is -0.465 e. The molecule has 5 nitrogen and oxygen atoms in total. The van der Waals surface area contributed by atoms with Crippen molar-refractivity contribution in [2.75, 3.05) is 6.54 Å². The zero-order valence-corrected chi connectivity index (χ0v) is 15.6. The van der Waals surface area contributed by atoms with Crippen LogP contribution in [-0.4, -0.2) is 54.3 Å². The van der Waals surface area contributed by atoms with Gasteiger partial charge in [0.15, 0.2) is 8.32 Å². The van der Waals surface area contributed by atoms with Gasteiger partial charge in [0, 0.05) is 0 Å². The number of carbonyl (C=O) groups is 1. The van der Waals surface area contributed by atoms with Gasteiger partial charge in [0.25, 0.3) is 0 Å². The van der Waals surface area contributed by atoms with Crippen molar-refractivity contribution in [1.82, 2.24) is 4.90 Å². The van der Waals surface area contributed by atoms with Crippen molar-refractivity contribution in [3.63, 3.8) is 0 Å². The van der Waals surface area contributed by atoms with Crippen molar-refractivity contribution in [1.29, 1.82) is 0 Å². The van der Waals surface area contributed by atoms with Crippen LogP contribution in [-0.2, 0) is 4.43 Å². The summed E-state index contributed by atoms with van der Waals surface area (Å²) in [7, 11) is -2.08. The Kier molecular flexibility index (Phi) is 4.88. The second-order valence-corrected chi connectivity index (χ2v) is 13.4. The standard InChI is InChI=1S/C15H31NO4Si/c1-14(2,3)12-11(10(17)9-16(12)13(18)19)20-21(7,8)15(4,5)6/h10-12,17H,9H2,1-8H3,(H,18,19)/t10-,11+,12?/m0/s1. The van der Waals surface area contributed by atoms with Gasteiger partial charge < -0.3 is 14.6 Å². The number of carboxylic acid groups (broad SMARTS) is 1. The number of aliphatic hydroxyl groups excluding tert-OH is 1. The third-order valence-electron chi connectivity index (χ3n) is 4.78. The molecular formula is C15H31NO4Si. The average Bonchev–Trinajstić information content (AvgIpc) is 2.53. The first-order valence-electron chi connectivity index (χ1n) is 7.54. The molecule has 1 aliphatic heterocycles. The molecule has 6 heteroatoms. The SMILES string of the molecule is CC(C)(C)C1[C@H](O[Si](C)(C)C(C)(C)C)[C@@H](O)CN1C(=O)O. The van der Waals surface area contributed by atoms with Crippen LogP contribution in [0.5, 0.6) is 0 Å². The molecule has 0 aromatic heterocycles. The first kappa shape index (κ1) is 18.5. The van der Waals surface area contributed by atoms with Gasteiger partial charge in [-0.15, -0.1) is 0 Å². The maximum absolute atomic E-state index is 11.5. The molecule has 1 rings (SSSR count). The van der Waals surface area contributed by atoms with Crippen LogP contribution < -0.4 is 0 Å². The Morgan fingerprint density at radius 1 is 1.19 bits per heavy atom. The highest BCUT2D eigenvalue weighted by atomic mass is 28.4. The number of β-amino-alcohol motifs (C(OH)–C–C–N with tert-alkyl or cyclic N) is 1. The lowest BCUT2D eigenvalue weighted by Crippen LogP contribution is -2.54. The van der Waals surface area contributed by atoms with Gasteiger partial charge in [0.1, 0.15) is 0 Å². The summed E-state index contributed by atoms with van der Waals surface area (Å²) in [6, 6.07) is -0.334. The predicted octanol–water partition coefficient (Wildman–Crippen LogP) is 3.15. The van der Waals surface area contributed by atoms with E-state index >= 15 is 0 Å². The number of rotatable bonds is 2. The normalized spacial score (nSPS) is 28.0. The number of nitrogens with zero attached hydrogens (tertiary/aromatic N) is 1. The van der Waals surface area contributed by atoms with Crippen molar-refractivity contribution in [2.45, 2.75) is 77.9 Å². The summed E-state index contributed by atoms with van der Waals surface area (Å²) >= 11 is 0. The quantitative estimate of drug-likeness (QED) is 0.768. The van der Waals surface area contributed by atoms with E-state index in [4.69, 9.17) is 4.43 Å². The summed E-state index contributed by atoms with van der Waals surface area (Å²) < 4.78 is 6.38. The molecule has 1 fully saturated rings. The number of hydrogen-bond donors (Lipinski definition) is 2. The fourth-order valence-electron chi connectivity index (χ4n) is 2.62. The van der Waals surface area contributed by atoms with E-state index in [9.17, 15) is 15.0 Å². The second-order valence-electron chi connectivity index (χ2n) is 8.66. The molecule has 0 bridgehead atoms. The smallest absolute Gasteiger partial charge is 0.407 e. The van der Waals surface area contributed by atoms with E-state index in [0.717, 1.165) is 0 Å². The average molecular weight is 318 g/mol. The zero-order chi connectivity index (χ0) is 16.8. The highest BCUT2D eigenvalue weighted by molar-refractivity contribution is 6.74. The third kappa shape index (κ3) is 3.79. The van der Waals surface area contributed by atoms with E-state index in [0.29, 0.717) is 0 Å². The zero-order valence-electron chi connectivity index (χ0n) is 14.6. The Balaban J connectivity index is 3.11. The number of amides is 1.